The minimum Gasteiger partial charge on any atom is -0.294 e. The lowest BCUT2D eigenvalue weighted by Crippen LogP contribution is -2.05. The van der Waals surface area contributed by atoms with E-state index in [0.29, 0.717) is 0 Å². The molecule has 3 nitrogen and oxygen atoms in total. The van der Waals surface area contributed by atoms with Crippen molar-refractivity contribution in [1.29, 1.82) is 0 Å². The molecule has 4 aromatic carbocycles. The van der Waals surface area contributed by atoms with E-state index in [2.05, 4.69) is 124 Å². The normalized spacial score (nSPS) is 14.1. The fourth-order valence-electron chi connectivity index (χ4n) is 6.62. The van der Waals surface area contributed by atoms with Gasteiger partial charge in [-0.25, -0.2) is 4.98 Å². The number of thiophene rings is 1. The van der Waals surface area contributed by atoms with Crippen LogP contribution in [0.15, 0.2) is 133 Å². The maximum atomic E-state index is 5.51. The first kappa shape index (κ1) is 22.7. The summed E-state index contributed by atoms with van der Waals surface area (Å²) < 4.78 is 3.64. The highest BCUT2D eigenvalue weighted by molar-refractivity contribution is 7.17. The van der Waals surface area contributed by atoms with Gasteiger partial charge in [0, 0.05) is 32.8 Å². The Balaban J connectivity index is 1.31. The third-order valence-corrected chi connectivity index (χ3v) is 9.41. The first-order chi connectivity index (χ1) is 20.3. The SMILES string of the molecule is c1ccc(-c2ccc3c4ccccc4n(-c4ccc5c(n4)C(c4csc6ccccc46)c4ccccc4-5)c3c2)nc1. The van der Waals surface area contributed by atoms with Crippen LogP contribution < -0.4 is 0 Å². The molecule has 1 aliphatic carbocycles. The van der Waals surface area contributed by atoms with Gasteiger partial charge in [-0.3, -0.25) is 9.55 Å². The van der Waals surface area contributed by atoms with Crippen LogP contribution in [-0.2, 0) is 0 Å². The van der Waals surface area contributed by atoms with Crippen molar-refractivity contribution in [2.45, 2.75) is 5.92 Å². The van der Waals surface area contributed by atoms with Crippen molar-refractivity contribution < 1.29 is 0 Å². The molecule has 1 aliphatic rings. The molecule has 0 N–H and O–H groups in total. The number of para-hydroxylation sites is 1. The Morgan fingerprint density at radius 1 is 0.610 bits per heavy atom. The molecule has 0 spiro atoms. The van der Waals surface area contributed by atoms with Crippen LogP contribution in [0.1, 0.15) is 22.7 Å². The largest absolute Gasteiger partial charge is 0.294 e. The van der Waals surface area contributed by atoms with Gasteiger partial charge in [-0.05, 0) is 69.9 Å². The zero-order valence-corrected chi connectivity index (χ0v) is 22.8. The highest BCUT2D eigenvalue weighted by atomic mass is 32.1. The summed E-state index contributed by atoms with van der Waals surface area (Å²) in [4.78, 5) is 10.1. The number of aromatic nitrogens is 3. The lowest BCUT2D eigenvalue weighted by molar-refractivity contribution is 0.942. The monoisotopic (exact) mass is 541 g/mol. The van der Waals surface area contributed by atoms with Gasteiger partial charge >= 0.3 is 0 Å². The van der Waals surface area contributed by atoms with E-state index in [1.54, 1.807) is 0 Å². The number of nitrogens with zero attached hydrogens (tertiary/aromatic N) is 3. The van der Waals surface area contributed by atoms with Crippen LogP contribution in [0.25, 0.3) is 60.1 Å². The highest BCUT2D eigenvalue weighted by Gasteiger charge is 2.33. The third kappa shape index (κ3) is 3.32. The quantitative estimate of drug-likeness (QED) is 0.223. The topological polar surface area (TPSA) is 30.7 Å². The summed E-state index contributed by atoms with van der Waals surface area (Å²) in [6.45, 7) is 0. The standard InChI is InChI=1S/C37H23N3S/c1-2-12-28-24(9-1)29-18-19-35(39-37(29)36(28)30-22-41-34-15-6-4-11-27(30)34)40-32-14-5-3-10-25(32)26-17-16-23(21-33(26)40)31-13-7-8-20-38-31/h1-22,36H. The van der Waals surface area contributed by atoms with E-state index in [1.807, 2.05) is 29.7 Å². The molecule has 4 aromatic heterocycles. The van der Waals surface area contributed by atoms with Crippen LogP contribution in [0, 0.1) is 0 Å². The van der Waals surface area contributed by atoms with Crippen LogP contribution in [0.3, 0.4) is 0 Å². The number of fused-ring (bicyclic) bond motifs is 7. The van der Waals surface area contributed by atoms with Crippen LogP contribution in [0.2, 0.25) is 0 Å². The summed E-state index contributed by atoms with van der Waals surface area (Å²) in [6.07, 6.45) is 1.85. The lowest BCUT2D eigenvalue weighted by atomic mass is 9.91. The van der Waals surface area contributed by atoms with Crippen LogP contribution >= 0.6 is 11.3 Å². The van der Waals surface area contributed by atoms with Crippen molar-refractivity contribution in [2.24, 2.45) is 0 Å². The molecule has 0 fully saturated rings. The number of rotatable bonds is 3. The van der Waals surface area contributed by atoms with E-state index in [-0.39, 0.29) is 5.92 Å². The summed E-state index contributed by atoms with van der Waals surface area (Å²) in [6, 6.07) is 43.3. The van der Waals surface area contributed by atoms with Gasteiger partial charge in [0.25, 0.3) is 0 Å². The molecule has 192 valence electrons. The molecule has 0 bridgehead atoms. The summed E-state index contributed by atoms with van der Waals surface area (Å²) in [7, 11) is 0. The second-order valence-electron chi connectivity index (χ2n) is 10.6. The number of pyridine rings is 2. The molecule has 8 aromatic rings. The molecule has 1 unspecified atom stereocenters. The molecular formula is C37H23N3S. The van der Waals surface area contributed by atoms with Crippen molar-refractivity contribution in [3.05, 3.63) is 150 Å². The predicted molar refractivity (Wildman–Crippen MR) is 170 cm³/mol. The Labute approximate surface area is 241 Å². The summed E-state index contributed by atoms with van der Waals surface area (Å²) >= 11 is 1.82. The van der Waals surface area contributed by atoms with Gasteiger partial charge in [0.2, 0.25) is 0 Å². The van der Waals surface area contributed by atoms with Gasteiger partial charge < -0.3 is 0 Å². The Kier molecular flexibility index (Phi) is 4.83. The fraction of sp³-hybridized carbons (Fsp3) is 0.0270. The van der Waals surface area contributed by atoms with Gasteiger partial charge in [0.05, 0.1) is 28.3 Å². The third-order valence-electron chi connectivity index (χ3n) is 8.43. The number of hydrogen-bond acceptors (Lipinski definition) is 3. The minimum absolute atomic E-state index is 0.0921. The van der Waals surface area contributed by atoms with Crippen molar-refractivity contribution in [3.8, 4) is 28.2 Å². The Hall–Kier alpha value is -5.06. The van der Waals surface area contributed by atoms with Gasteiger partial charge in [-0.2, -0.15) is 0 Å². The van der Waals surface area contributed by atoms with E-state index in [0.717, 1.165) is 33.8 Å². The highest BCUT2D eigenvalue weighted by Crippen LogP contribution is 2.50. The van der Waals surface area contributed by atoms with Crippen molar-refractivity contribution >= 4 is 43.2 Å². The molecule has 0 radical (unpaired) electrons. The van der Waals surface area contributed by atoms with E-state index in [9.17, 15) is 0 Å². The minimum atomic E-state index is 0.0921. The zero-order chi connectivity index (χ0) is 26.9. The summed E-state index contributed by atoms with van der Waals surface area (Å²) in [5, 5.41) is 6.08. The summed E-state index contributed by atoms with van der Waals surface area (Å²) in [5.41, 5.74) is 10.6. The first-order valence-corrected chi connectivity index (χ1v) is 14.7. The van der Waals surface area contributed by atoms with E-state index >= 15 is 0 Å². The van der Waals surface area contributed by atoms with E-state index in [1.165, 1.54) is 43.1 Å². The predicted octanol–water partition coefficient (Wildman–Crippen LogP) is 9.62. The van der Waals surface area contributed by atoms with Gasteiger partial charge in [-0.15, -0.1) is 11.3 Å². The molecule has 1 atom stereocenters. The van der Waals surface area contributed by atoms with Crippen LogP contribution in [0.5, 0.6) is 0 Å². The smallest absolute Gasteiger partial charge is 0.137 e. The molecule has 0 saturated carbocycles. The molecular weight excluding hydrogens is 518 g/mol. The second kappa shape index (κ2) is 8.72. The van der Waals surface area contributed by atoms with Gasteiger partial charge in [0.1, 0.15) is 5.82 Å². The molecule has 0 amide bonds. The summed E-state index contributed by atoms with van der Waals surface area (Å²) in [5.74, 6) is 1.03. The molecule has 4 heteroatoms. The molecule has 41 heavy (non-hydrogen) atoms. The first-order valence-electron chi connectivity index (χ1n) is 13.9. The van der Waals surface area contributed by atoms with Crippen molar-refractivity contribution in [2.75, 3.05) is 0 Å². The Bertz CT molecular complexity index is 2280. The van der Waals surface area contributed by atoms with Crippen LogP contribution in [0.4, 0.5) is 0 Å². The van der Waals surface area contributed by atoms with Gasteiger partial charge in [-0.1, -0.05) is 78.9 Å². The molecule has 4 heterocycles. The molecule has 0 aliphatic heterocycles. The van der Waals surface area contributed by atoms with E-state index < -0.39 is 0 Å². The maximum Gasteiger partial charge on any atom is 0.137 e. The number of hydrogen-bond donors (Lipinski definition) is 0. The average Bonchev–Trinajstić information content (AvgIpc) is 3.70. The lowest BCUT2D eigenvalue weighted by Gasteiger charge is -2.15. The fourth-order valence-corrected chi connectivity index (χ4v) is 7.61. The molecule has 0 saturated heterocycles. The maximum absolute atomic E-state index is 5.51. The Morgan fingerprint density at radius 3 is 2.34 bits per heavy atom. The van der Waals surface area contributed by atoms with E-state index in [4.69, 9.17) is 4.98 Å². The average molecular weight is 542 g/mol. The van der Waals surface area contributed by atoms with Crippen molar-refractivity contribution in [3.63, 3.8) is 0 Å². The Morgan fingerprint density at radius 2 is 1.41 bits per heavy atom. The zero-order valence-electron chi connectivity index (χ0n) is 22.0. The van der Waals surface area contributed by atoms with Gasteiger partial charge in [0.15, 0.2) is 0 Å². The van der Waals surface area contributed by atoms with Crippen LogP contribution in [-0.4, -0.2) is 14.5 Å². The second-order valence-corrected chi connectivity index (χ2v) is 11.5. The van der Waals surface area contributed by atoms with Crippen molar-refractivity contribution in [1.82, 2.24) is 14.5 Å². The number of benzene rings is 4. The molecule has 9 rings (SSSR count).